The molecule has 0 aromatic carbocycles. The lowest BCUT2D eigenvalue weighted by atomic mass is 9.95. The van der Waals surface area contributed by atoms with E-state index in [1.165, 1.54) is 0 Å². The van der Waals surface area contributed by atoms with Crippen LogP contribution in [0.4, 0.5) is 5.82 Å². The molecule has 0 aliphatic rings. The highest BCUT2D eigenvalue weighted by Gasteiger charge is 2.15. The first kappa shape index (κ1) is 13.6. The van der Waals surface area contributed by atoms with E-state index in [-0.39, 0.29) is 6.61 Å². The highest BCUT2D eigenvalue weighted by Crippen LogP contribution is 2.26. The zero-order chi connectivity index (χ0) is 13.0. The number of aromatic nitrogens is 1. The van der Waals surface area contributed by atoms with Gasteiger partial charge in [0.25, 0.3) is 0 Å². The first-order valence-corrected chi connectivity index (χ1v) is 5.89. The van der Waals surface area contributed by atoms with E-state index >= 15 is 0 Å². The maximum absolute atomic E-state index is 8.86. The van der Waals surface area contributed by atoms with Crippen LogP contribution in [0.25, 0.3) is 0 Å². The van der Waals surface area contributed by atoms with Crippen LogP contribution in [0.3, 0.4) is 0 Å². The van der Waals surface area contributed by atoms with E-state index in [1.807, 2.05) is 13.0 Å². The summed E-state index contributed by atoms with van der Waals surface area (Å²) in [5.41, 5.74) is 3.42. The molecule has 0 spiro atoms. The first-order valence-electron chi connectivity index (χ1n) is 5.89. The second-order valence-electron chi connectivity index (χ2n) is 4.51. The molecule has 94 valence electrons. The average molecular weight is 235 g/mol. The van der Waals surface area contributed by atoms with Crippen LogP contribution in [0.5, 0.6) is 0 Å². The van der Waals surface area contributed by atoms with Gasteiger partial charge in [0.05, 0.1) is 6.61 Å². The summed E-state index contributed by atoms with van der Waals surface area (Å²) in [6, 6.07) is 2.03. The van der Waals surface area contributed by atoms with Crippen LogP contribution >= 0.6 is 0 Å². The summed E-state index contributed by atoms with van der Waals surface area (Å²) in [6.45, 7) is 8.44. The lowest BCUT2D eigenvalue weighted by molar-refractivity contribution is 0.311. The number of aliphatic hydroxyl groups excluding tert-OH is 1. The summed E-state index contributed by atoms with van der Waals surface area (Å²) in [5, 5.41) is 19.8. The highest BCUT2D eigenvalue weighted by atomic mass is 16.3. The fourth-order valence-electron chi connectivity index (χ4n) is 1.85. The fraction of sp³-hybridized carbons (Fsp3) is 0.538. The van der Waals surface area contributed by atoms with Gasteiger partial charge in [-0.3, -0.25) is 0 Å². The van der Waals surface area contributed by atoms with Crippen molar-refractivity contribution in [2.45, 2.75) is 33.6 Å². The lowest BCUT2D eigenvalue weighted by Crippen LogP contribution is -2.14. The van der Waals surface area contributed by atoms with Crippen molar-refractivity contribution in [3.05, 3.63) is 22.9 Å². The van der Waals surface area contributed by atoms with Crippen molar-refractivity contribution in [3.63, 3.8) is 0 Å². The average Bonchev–Trinajstić information content (AvgIpc) is 2.24. The number of nitrogens with one attached hydrogen (secondary N) is 2. The molecule has 0 bridgehead atoms. The number of nitrogens with zero attached hydrogens (tertiary/aromatic N) is 1. The van der Waals surface area contributed by atoms with E-state index in [1.54, 1.807) is 6.92 Å². The van der Waals surface area contributed by atoms with Gasteiger partial charge in [-0.05, 0) is 31.4 Å². The quantitative estimate of drug-likeness (QED) is 0.686. The maximum atomic E-state index is 8.86. The van der Waals surface area contributed by atoms with Crippen LogP contribution in [-0.2, 0) is 0 Å². The van der Waals surface area contributed by atoms with E-state index in [0.717, 1.165) is 16.8 Å². The van der Waals surface area contributed by atoms with Crippen LogP contribution < -0.4 is 5.32 Å². The number of hydrogen-bond acceptors (Lipinski definition) is 4. The monoisotopic (exact) mass is 235 g/mol. The Labute approximate surface area is 103 Å². The van der Waals surface area contributed by atoms with Crippen LogP contribution in [0.2, 0.25) is 0 Å². The Bertz CT molecular complexity index is 413. The molecule has 0 radical (unpaired) electrons. The summed E-state index contributed by atoms with van der Waals surface area (Å²) < 4.78 is 0. The molecule has 0 atom stereocenters. The van der Waals surface area contributed by atoms with Crippen molar-refractivity contribution in [2.24, 2.45) is 0 Å². The molecule has 1 aromatic rings. The number of anilines is 1. The van der Waals surface area contributed by atoms with Gasteiger partial charge < -0.3 is 15.8 Å². The minimum Gasteiger partial charge on any atom is -0.395 e. The molecule has 4 heteroatoms. The second-order valence-corrected chi connectivity index (χ2v) is 4.51. The predicted octanol–water partition coefficient (Wildman–Crippen LogP) is 2.31. The topological polar surface area (TPSA) is 69.0 Å². The molecule has 0 unspecified atom stereocenters. The zero-order valence-electron chi connectivity index (χ0n) is 11.0. The molecule has 1 aromatic heterocycles. The van der Waals surface area contributed by atoms with Gasteiger partial charge in [0, 0.05) is 23.5 Å². The molecule has 0 fully saturated rings. The molecule has 3 N–H and O–H groups in total. The first-order chi connectivity index (χ1) is 7.97. The number of aryl methyl sites for hydroxylation is 1. The standard InChI is InChI=1S/C13H21N3O/c1-8(2)11-7-9(3)16-13(15-5-6-17)12(11)10(4)14/h7-8,14,17H,5-6H2,1-4H3,(H,15,16). The van der Waals surface area contributed by atoms with Gasteiger partial charge in [-0.15, -0.1) is 0 Å². The number of pyridine rings is 1. The maximum Gasteiger partial charge on any atom is 0.135 e. The van der Waals surface area contributed by atoms with Crippen LogP contribution in [0.1, 0.15) is 43.5 Å². The van der Waals surface area contributed by atoms with Crippen LogP contribution in [0.15, 0.2) is 6.07 Å². The third kappa shape index (κ3) is 3.27. The Morgan fingerprint density at radius 3 is 2.65 bits per heavy atom. The molecule has 0 amide bonds. The number of hydrogen-bond donors (Lipinski definition) is 3. The molecule has 0 saturated heterocycles. The minimum atomic E-state index is 0.0587. The summed E-state index contributed by atoms with van der Waals surface area (Å²) in [5.74, 6) is 1.05. The van der Waals surface area contributed by atoms with Gasteiger partial charge >= 0.3 is 0 Å². The van der Waals surface area contributed by atoms with Crippen molar-refractivity contribution < 1.29 is 5.11 Å². The highest BCUT2D eigenvalue weighted by molar-refractivity contribution is 6.02. The molecule has 1 rings (SSSR count). The molecule has 4 nitrogen and oxygen atoms in total. The molecule has 0 saturated carbocycles. The van der Waals surface area contributed by atoms with Crippen molar-refractivity contribution in [1.29, 1.82) is 5.41 Å². The van der Waals surface area contributed by atoms with Crippen molar-refractivity contribution >= 4 is 11.5 Å². The van der Waals surface area contributed by atoms with Gasteiger partial charge in [0.1, 0.15) is 5.82 Å². The Morgan fingerprint density at radius 2 is 2.18 bits per heavy atom. The summed E-state index contributed by atoms with van der Waals surface area (Å²) in [6.07, 6.45) is 0. The van der Waals surface area contributed by atoms with E-state index < -0.39 is 0 Å². The summed E-state index contributed by atoms with van der Waals surface area (Å²) in [4.78, 5) is 4.41. The Balaban J connectivity index is 3.30. The smallest absolute Gasteiger partial charge is 0.135 e. The number of aliphatic hydroxyl groups is 1. The third-order valence-electron chi connectivity index (χ3n) is 2.58. The molecule has 0 aliphatic carbocycles. The van der Waals surface area contributed by atoms with Gasteiger partial charge in [0.15, 0.2) is 0 Å². The van der Waals surface area contributed by atoms with Gasteiger partial charge in [-0.1, -0.05) is 13.8 Å². The van der Waals surface area contributed by atoms with Gasteiger partial charge in [-0.25, -0.2) is 4.98 Å². The van der Waals surface area contributed by atoms with Crippen LogP contribution in [0, 0.1) is 12.3 Å². The predicted molar refractivity (Wildman–Crippen MR) is 71.1 cm³/mol. The Kier molecular flexibility index (Phi) is 4.63. The molecular formula is C13H21N3O. The Hall–Kier alpha value is -1.42. The van der Waals surface area contributed by atoms with Crippen LogP contribution in [-0.4, -0.2) is 29.0 Å². The van der Waals surface area contributed by atoms with E-state index in [9.17, 15) is 0 Å². The van der Waals surface area contributed by atoms with Crippen molar-refractivity contribution in [2.75, 3.05) is 18.5 Å². The molecule has 17 heavy (non-hydrogen) atoms. The lowest BCUT2D eigenvalue weighted by Gasteiger charge is -2.17. The van der Waals surface area contributed by atoms with Gasteiger partial charge in [-0.2, -0.15) is 0 Å². The molecular weight excluding hydrogens is 214 g/mol. The minimum absolute atomic E-state index is 0.0587. The number of rotatable bonds is 5. The summed E-state index contributed by atoms with van der Waals surface area (Å²) in [7, 11) is 0. The largest absolute Gasteiger partial charge is 0.395 e. The zero-order valence-corrected chi connectivity index (χ0v) is 11.0. The van der Waals surface area contributed by atoms with Crippen molar-refractivity contribution in [3.8, 4) is 0 Å². The van der Waals surface area contributed by atoms with Gasteiger partial charge in [0.2, 0.25) is 0 Å². The molecule has 0 aliphatic heterocycles. The Morgan fingerprint density at radius 1 is 1.53 bits per heavy atom. The SMILES string of the molecule is CC(=N)c1c(C(C)C)cc(C)nc1NCCO. The third-order valence-corrected chi connectivity index (χ3v) is 2.58. The van der Waals surface area contributed by atoms with E-state index in [2.05, 4.69) is 24.1 Å². The second kappa shape index (κ2) is 5.77. The fourth-order valence-corrected chi connectivity index (χ4v) is 1.85. The normalized spacial score (nSPS) is 10.7. The summed E-state index contributed by atoms with van der Waals surface area (Å²) >= 11 is 0. The van der Waals surface area contributed by atoms with E-state index in [0.29, 0.717) is 24.0 Å². The van der Waals surface area contributed by atoms with E-state index in [4.69, 9.17) is 10.5 Å². The molecule has 1 heterocycles. The van der Waals surface area contributed by atoms with Crippen molar-refractivity contribution in [1.82, 2.24) is 4.98 Å².